The average molecular weight is 313 g/mol. The van der Waals surface area contributed by atoms with Crippen LogP contribution in [0.2, 0.25) is 0 Å². The van der Waals surface area contributed by atoms with Crippen molar-refractivity contribution < 1.29 is 9.90 Å². The van der Waals surface area contributed by atoms with E-state index in [0.717, 1.165) is 42.3 Å². The number of hydrogen-bond donors (Lipinski definition) is 2. The number of likely N-dealkylation sites (tertiary alicyclic amines) is 1. The molecular formula is C18H23N3O2. The van der Waals surface area contributed by atoms with Crippen LogP contribution in [0, 0.1) is 0 Å². The number of rotatable bonds is 4. The molecule has 23 heavy (non-hydrogen) atoms. The van der Waals surface area contributed by atoms with Crippen LogP contribution in [-0.4, -0.2) is 40.2 Å². The lowest BCUT2D eigenvalue weighted by Crippen LogP contribution is -2.48. The van der Waals surface area contributed by atoms with Crippen molar-refractivity contribution >= 4 is 16.9 Å². The summed E-state index contributed by atoms with van der Waals surface area (Å²) in [6.45, 7) is 1.39. The molecule has 2 aromatic rings. The minimum Gasteiger partial charge on any atom is -0.396 e. The van der Waals surface area contributed by atoms with Gasteiger partial charge in [0.1, 0.15) is 0 Å². The maximum absolute atomic E-state index is 12.5. The molecule has 2 N–H and O–H groups in total. The first-order valence-corrected chi connectivity index (χ1v) is 8.27. The number of pyridine rings is 1. The maximum Gasteiger partial charge on any atom is 0.317 e. The van der Waals surface area contributed by atoms with Crippen molar-refractivity contribution in [2.45, 2.75) is 38.3 Å². The van der Waals surface area contributed by atoms with Gasteiger partial charge in [0, 0.05) is 37.3 Å². The Morgan fingerprint density at radius 2 is 2.17 bits per heavy atom. The zero-order valence-electron chi connectivity index (χ0n) is 13.2. The molecular weight excluding hydrogens is 290 g/mol. The molecule has 1 aromatic heterocycles. The van der Waals surface area contributed by atoms with Gasteiger partial charge in [0.2, 0.25) is 0 Å². The van der Waals surface area contributed by atoms with Gasteiger partial charge in [0.25, 0.3) is 0 Å². The number of aromatic nitrogens is 1. The zero-order chi connectivity index (χ0) is 16.1. The van der Waals surface area contributed by atoms with Crippen LogP contribution in [0.15, 0.2) is 36.5 Å². The van der Waals surface area contributed by atoms with E-state index < -0.39 is 0 Å². The number of piperidine rings is 1. The number of aliphatic hydroxyl groups excluding tert-OH is 1. The highest BCUT2D eigenvalue weighted by molar-refractivity contribution is 5.82. The molecule has 5 heteroatoms. The Labute approximate surface area is 136 Å². The fraction of sp³-hybridized carbons (Fsp3) is 0.444. The molecule has 2 heterocycles. The fourth-order valence-electron chi connectivity index (χ4n) is 3.30. The number of carbonyl (C=O) groups is 1. The van der Waals surface area contributed by atoms with Gasteiger partial charge in [-0.05, 0) is 43.4 Å². The highest BCUT2D eigenvalue weighted by Gasteiger charge is 2.25. The third-order valence-corrected chi connectivity index (χ3v) is 4.52. The number of benzene rings is 1. The van der Waals surface area contributed by atoms with Gasteiger partial charge in [-0.25, -0.2) is 4.79 Å². The number of fused-ring (bicyclic) bond motifs is 1. The third-order valence-electron chi connectivity index (χ3n) is 4.52. The van der Waals surface area contributed by atoms with Gasteiger partial charge in [0.05, 0.1) is 5.52 Å². The Balaban J connectivity index is 1.68. The van der Waals surface area contributed by atoms with Crippen molar-refractivity contribution in [3.05, 3.63) is 42.1 Å². The van der Waals surface area contributed by atoms with Gasteiger partial charge < -0.3 is 15.3 Å². The summed E-state index contributed by atoms with van der Waals surface area (Å²) in [6.07, 6.45) is 5.58. The van der Waals surface area contributed by atoms with E-state index in [1.54, 1.807) is 6.20 Å². The number of nitrogens with one attached hydrogen (secondary N) is 1. The summed E-state index contributed by atoms with van der Waals surface area (Å²) >= 11 is 0. The van der Waals surface area contributed by atoms with Crippen molar-refractivity contribution in [1.29, 1.82) is 0 Å². The molecule has 0 aliphatic carbocycles. The van der Waals surface area contributed by atoms with Crippen LogP contribution in [0.25, 0.3) is 10.9 Å². The number of para-hydroxylation sites is 1. The number of urea groups is 1. The normalized spacial score (nSPS) is 18.1. The Hall–Kier alpha value is -2.14. The first-order chi connectivity index (χ1) is 11.3. The molecule has 0 bridgehead atoms. The number of carbonyl (C=O) groups excluding carboxylic acids is 1. The molecule has 1 fully saturated rings. The molecule has 0 radical (unpaired) electrons. The summed E-state index contributed by atoms with van der Waals surface area (Å²) in [5, 5.41) is 13.3. The number of aliphatic hydroxyl groups is 1. The summed E-state index contributed by atoms with van der Waals surface area (Å²) in [4.78, 5) is 18.7. The van der Waals surface area contributed by atoms with Crippen molar-refractivity contribution in [2.24, 2.45) is 0 Å². The monoisotopic (exact) mass is 313 g/mol. The average Bonchev–Trinajstić information content (AvgIpc) is 2.60. The Morgan fingerprint density at radius 1 is 1.30 bits per heavy atom. The molecule has 122 valence electrons. The van der Waals surface area contributed by atoms with Gasteiger partial charge in [-0.3, -0.25) is 4.98 Å². The molecule has 0 spiro atoms. The molecule has 1 aliphatic heterocycles. The van der Waals surface area contributed by atoms with E-state index in [4.69, 9.17) is 0 Å². The first kappa shape index (κ1) is 15.7. The second-order valence-electron chi connectivity index (χ2n) is 6.00. The summed E-state index contributed by atoms with van der Waals surface area (Å²) in [7, 11) is 0. The van der Waals surface area contributed by atoms with Crippen molar-refractivity contribution in [1.82, 2.24) is 15.2 Å². The van der Waals surface area contributed by atoms with E-state index in [-0.39, 0.29) is 18.7 Å². The molecule has 5 nitrogen and oxygen atoms in total. The SMILES string of the molecule is O=C(NCc1ccnc2ccccc12)N1CCCCC1CCO. The Bertz CT molecular complexity index is 667. The summed E-state index contributed by atoms with van der Waals surface area (Å²) < 4.78 is 0. The topological polar surface area (TPSA) is 65.5 Å². The van der Waals surface area contributed by atoms with Gasteiger partial charge in [-0.1, -0.05) is 18.2 Å². The fourth-order valence-corrected chi connectivity index (χ4v) is 3.30. The van der Waals surface area contributed by atoms with Crippen LogP contribution in [0.5, 0.6) is 0 Å². The molecule has 3 rings (SSSR count). The maximum atomic E-state index is 12.5. The van der Waals surface area contributed by atoms with Crippen LogP contribution in [0.4, 0.5) is 4.79 Å². The lowest BCUT2D eigenvalue weighted by molar-refractivity contribution is 0.131. The van der Waals surface area contributed by atoms with Gasteiger partial charge in [0.15, 0.2) is 0 Å². The highest BCUT2D eigenvalue weighted by Crippen LogP contribution is 2.20. The predicted octanol–water partition coefficient (Wildman–Crippen LogP) is 2.68. The van der Waals surface area contributed by atoms with Crippen LogP contribution in [0.1, 0.15) is 31.2 Å². The largest absolute Gasteiger partial charge is 0.396 e. The predicted molar refractivity (Wildman–Crippen MR) is 90.0 cm³/mol. The van der Waals surface area contributed by atoms with E-state index in [2.05, 4.69) is 10.3 Å². The lowest BCUT2D eigenvalue weighted by Gasteiger charge is -2.35. The molecule has 0 saturated carbocycles. The van der Waals surface area contributed by atoms with Crippen LogP contribution in [-0.2, 0) is 6.54 Å². The molecule has 1 unspecified atom stereocenters. The van der Waals surface area contributed by atoms with E-state index in [9.17, 15) is 9.90 Å². The second-order valence-corrected chi connectivity index (χ2v) is 6.00. The molecule has 1 aliphatic rings. The van der Waals surface area contributed by atoms with E-state index >= 15 is 0 Å². The minimum atomic E-state index is -0.0379. The molecule has 1 saturated heterocycles. The van der Waals surface area contributed by atoms with Crippen molar-refractivity contribution in [2.75, 3.05) is 13.2 Å². The van der Waals surface area contributed by atoms with Crippen LogP contribution in [0.3, 0.4) is 0 Å². The van der Waals surface area contributed by atoms with Crippen molar-refractivity contribution in [3.63, 3.8) is 0 Å². The lowest BCUT2D eigenvalue weighted by atomic mass is 10.00. The Morgan fingerprint density at radius 3 is 3.04 bits per heavy atom. The quantitative estimate of drug-likeness (QED) is 0.912. The van der Waals surface area contributed by atoms with Gasteiger partial charge in [-0.15, -0.1) is 0 Å². The number of amides is 2. The van der Waals surface area contributed by atoms with E-state index in [1.165, 1.54) is 0 Å². The molecule has 2 amide bonds. The number of hydrogen-bond acceptors (Lipinski definition) is 3. The van der Waals surface area contributed by atoms with E-state index in [0.29, 0.717) is 13.0 Å². The summed E-state index contributed by atoms with van der Waals surface area (Å²) in [6, 6.07) is 10.0. The highest BCUT2D eigenvalue weighted by atomic mass is 16.3. The van der Waals surface area contributed by atoms with Crippen LogP contribution >= 0.6 is 0 Å². The summed E-state index contributed by atoms with van der Waals surface area (Å²) in [5.74, 6) is 0. The minimum absolute atomic E-state index is 0.0379. The van der Waals surface area contributed by atoms with E-state index in [1.807, 2.05) is 35.2 Å². The standard InChI is InChI=1S/C18H23N3O2/c22-12-9-15-5-3-4-11-21(15)18(23)20-13-14-8-10-19-17-7-2-1-6-16(14)17/h1-2,6-8,10,15,22H,3-5,9,11-13H2,(H,20,23). The molecule has 1 atom stereocenters. The molecule has 1 aromatic carbocycles. The first-order valence-electron chi connectivity index (χ1n) is 8.27. The zero-order valence-corrected chi connectivity index (χ0v) is 13.2. The van der Waals surface area contributed by atoms with Gasteiger partial charge >= 0.3 is 6.03 Å². The van der Waals surface area contributed by atoms with Crippen LogP contribution < -0.4 is 5.32 Å². The van der Waals surface area contributed by atoms with Gasteiger partial charge in [-0.2, -0.15) is 0 Å². The Kier molecular flexibility index (Phi) is 5.08. The third kappa shape index (κ3) is 3.62. The smallest absolute Gasteiger partial charge is 0.317 e. The number of nitrogens with zero attached hydrogens (tertiary/aromatic N) is 2. The second kappa shape index (κ2) is 7.42. The van der Waals surface area contributed by atoms with Crippen molar-refractivity contribution in [3.8, 4) is 0 Å². The summed E-state index contributed by atoms with van der Waals surface area (Å²) in [5.41, 5.74) is 2.01.